The molecule has 3 aromatic rings. The predicted molar refractivity (Wildman–Crippen MR) is 121 cm³/mol. The van der Waals surface area contributed by atoms with Crippen molar-refractivity contribution in [2.45, 2.75) is 20.4 Å². The van der Waals surface area contributed by atoms with Crippen molar-refractivity contribution in [2.24, 2.45) is 0 Å². The van der Waals surface area contributed by atoms with Crippen molar-refractivity contribution in [3.8, 4) is 11.5 Å². The van der Waals surface area contributed by atoms with Crippen LogP contribution in [0.3, 0.4) is 0 Å². The average molecular weight is 391 g/mol. The zero-order chi connectivity index (χ0) is 20.3. The molecule has 0 unspecified atom stereocenters. The Balaban J connectivity index is 1.41. The standard InChI is InChI=1S/C25H30N2O2/c1-3-27(4-2)23-14-12-22(13-15-23)26-20-21-10-16-25(17-11-21)29-19-18-28-24-8-6-5-7-9-24/h5-17,26H,3-4,18-20H2,1-2H3. The highest BCUT2D eigenvalue weighted by Crippen LogP contribution is 2.19. The van der Waals surface area contributed by atoms with Gasteiger partial charge in [-0.05, 0) is 67.9 Å². The molecule has 0 amide bonds. The number of benzene rings is 3. The molecule has 0 bridgehead atoms. The van der Waals surface area contributed by atoms with Crippen LogP contribution >= 0.6 is 0 Å². The summed E-state index contributed by atoms with van der Waals surface area (Å²) in [5, 5.41) is 3.47. The first-order valence-electron chi connectivity index (χ1n) is 10.3. The monoisotopic (exact) mass is 390 g/mol. The molecule has 0 saturated heterocycles. The van der Waals surface area contributed by atoms with Gasteiger partial charge in [0.2, 0.25) is 0 Å². The van der Waals surface area contributed by atoms with Crippen LogP contribution in [0.15, 0.2) is 78.9 Å². The topological polar surface area (TPSA) is 33.7 Å². The average Bonchev–Trinajstić information content (AvgIpc) is 2.78. The van der Waals surface area contributed by atoms with E-state index < -0.39 is 0 Å². The number of nitrogens with zero attached hydrogens (tertiary/aromatic N) is 1. The lowest BCUT2D eigenvalue weighted by molar-refractivity contribution is 0.217. The molecule has 0 saturated carbocycles. The fourth-order valence-corrected chi connectivity index (χ4v) is 3.12. The fourth-order valence-electron chi connectivity index (χ4n) is 3.12. The minimum atomic E-state index is 0.519. The molecule has 0 fully saturated rings. The van der Waals surface area contributed by atoms with Crippen LogP contribution < -0.4 is 19.7 Å². The Kier molecular flexibility index (Phi) is 7.81. The van der Waals surface area contributed by atoms with E-state index in [-0.39, 0.29) is 0 Å². The van der Waals surface area contributed by atoms with Crippen molar-refractivity contribution in [1.82, 2.24) is 0 Å². The Bertz CT molecular complexity index is 829. The van der Waals surface area contributed by atoms with Gasteiger partial charge in [0.05, 0.1) is 0 Å². The second-order valence-electron chi connectivity index (χ2n) is 6.73. The molecular formula is C25H30N2O2. The lowest BCUT2D eigenvalue weighted by Gasteiger charge is -2.21. The maximum absolute atomic E-state index is 5.75. The molecule has 4 nitrogen and oxygen atoms in total. The van der Waals surface area contributed by atoms with Crippen molar-refractivity contribution in [3.63, 3.8) is 0 Å². The first-order chi connectivity index (χ1) is 14.3. The summed E-state index contributed by atoms with van der Waals surface area (Å²) in [4.78, 5) is 2.34. The van der Waals surface area contributed by atoms with Gasteiger partial charge in [0.15, 0.2) is 0 Å². The number of hydrogen-bond acceptors (Lipinski definition) is 4. The van der Waals surface area contributed by atoms with Gasteiger partial charge in [-0.15, -0.1) is 0 Å². The summed E-state index contributed by atoms with van der Waals surface area (Å²) in [6.45, 7) is 8.23. The molecule has 3 aromatic carbocycles. The van der Waals surface area contributed by atoms with E-state index in [4.69, 9.17) is 9.47 Å². The van der Waals surface area contributed by atoms with E-state index in [1.165, 1.54) is 11.3 Å². The van der Waals surface area contributed by atoms with E-state index >= 15 is 0 Å². The Morgan fingerprint density at radius 2 is 1.28 bits per heavy atom. The highest BCUT2D eigenvalue weighted by Gasteiger charge is 2.02. The van der Waals surface area contributed by atoms with Crippen LogP contribution in [0.1, 0.15) is 19.4 Å². The summed E-state index contributed by atoms with van der Waals surface area (Å²) < 4.78 is 11.4. The van der Waals surface area contributed by atoms with Gasteiger partial charge in [0.1, 0.15) is 24.7 Å². The molecule has 0 heterocycles. The molecule has 3 rings (SSSR count). The summed E-state index contributed by atoms with van der Waals surface area (Å²) in [6.07, 6.45) is 0. The first-order valence-corrected chi connectivity index (χ1v) is 10.3. The smallest absolute Gasteiger partial charge is 0.122 e. The van der Waals surface area contributed by atoms with E-state index in [1.807, 2.05) is 42.5 Å². The quantitative estimate of drug-likeness (QED) is 0.432. The fraction of sp³-hybridized carbons (Fsp3) is 0.280. The van der Waals surface area contributed by atoms with Gasteiger partial charge in [-0.1, -0.05) is 30.3 Å². The highest BCUT2D eigenvalue weighted by molar-refractivity contribution is 5.55. The van der Waals surface area contributed by atoms with Crippen molar-refractivity contribution in [1.29, 1.82) is 0 Å². The maximum Gasteiger partial charge on any atom is 0.122 e. The normalized spacial score (nSPS) is 10.4. The van der Waals surface area contributed by atoms with Gasteiger partial charge in [-0.2, -0.15) is 0 Å². The van der Waals surface area contributed by atoms with Crippen LogP contribution in [0, 0.1) is 0 Å². The molecule has 1 N–H and O–H groups in total. The Morgan fingerprint density at radius 3 is 1.86 bits per heavy atom. The second kappa shape index (κ2) is 11.0. The number of ether oxygens (including phenoxy) is 2. The van der Waals surface area contributed by atoms with Crippen molar-refractivity contribution in [2.75, 3.05) is 36.5 Å². The molecule has 0 aliphatic carbocycles. The molecule has 0 aliphatic rings. The number of rotatable bonds is 11. The molecule has 152 valence electrons. The summed E-state index contributed by atoms with van der Waals surface area (Å²) in [7, 11) is 0. The molecule has 0 spiro atoms. The number of anilines is 2. The third-order valence-corrected chi connectivity index (χ3v) is 4.78. The van der Waals surface area contributed by atoms with E-state index in [2.05, 4.69) is 60.5 Å². The van der Waals surface area contributed by atoms with Crippen LogP contribution in [0.4, 0.5) is 11.4 Å². The van der Waals surface area contributed by atoms with Gasteiger partial charge >= 0.3 is 0 Å². The van der Waals surface area contributed by atoms with Crippen LogP contribution in [0.5, 0.6) is 11.5 Å². The van der Waals surface area contributed by atoms with E-state index in [0.717, 1.165) is 36.8 Å². The zero-order valence-corrected chi connectivity index (χ0v) is 17.3. The molecule has 4 heteroatoms. The molecule has 0 aromatic heterocycles. The van der Waals surface area contributed by atoms with Crippen molar-refractivity contribution >= 4 is 11.4 Å². The highest BCUT2D eigenvalue weighted by atomic mass is 16.5. The Hall–Kier alpha value is -3.14. The van der Waals surface area contributed by atoms with E-state index in [0.29, 0.717) is 13.2 Å². The van der Waals surface area contributed by atoms with Gasteiger partial charge in [-0.25, -0.2) is 0 Å². The van der Waals surface area contributed by atoms with Gasteiger partial charge in [0, 0.05) is 31.0 Å². The van der Waals surface area contributed by atoms with Gasteiger partial charge in [-0.3, -0.25) is 0 Å². The van der Waals surface area contributed by atoms with E-state index in [9.17, 15) is 0 Å². The number of hydrogen-bond donors (Lipinski definition) is 1. The minimum absolute atomic E-state index is 0.519. The summed E-state index contributed by atoms with van der Waals surface area (Å²) in [5.41, 5.74) is 3.60. The van der Waals surface area contributed by atoms with Crippen LogP contribution in [0.25, 0.3) is 0 Å². The lowest BCUT2D eigenvalue weighted by Crippen LogP contribution is -2.21. The molecule has 29 heavy (non-hydrogen) atoms. The number of para-hydroxylation sites is 1. The SMILES string of the molecule is CCN(CC)c1ccc(NCc2ccc(OCCOc3ccccc3)cc2)cc1. The third kappa shape index (κ3) is 6.46. The lowest BCUT2D eigenvalue weighted by atomic mass is 10.2. The molecule has 0 atom stereocenters. The Labute approximate surface area is 174 Å². The van der Waals surface area contributed by atoms with Crippen LogP contribution in [-0.4, -0.2) is 26.3 Å². The summed E-state index contributed by atoms with van der Waals surface area (Å²) >= 11 is 0. The molecule has 0 aliphatic heterocycles. The predicted octanol–water partition coefficient (Wildman–Crippen LogP) is 5.60. The van der Waals surface area contributed by atoms with E-state index in [1.54, 1.807) is 0 Å². The van der Waals surface area contributed by atoms with Gasteiger partial charge < -0.3 is 19.7 Å². The van der Waals surface area contributed by atoms with Crippen molar-refractivity contribution in [3.05, 3.63) is 84.4 Å². The van der Waals surface area contributed by atoms with Crippen LogP contribution in [-0.2, 0) is 6.54 Å². The zero-order valence-electron chi connectivity index (χ0n) is 17.3. The maximum atomic E-state index is 5.75. The largest absolute Gasteiger partial charge is 0.490 e. The summed E-state index contributed by atoms with van der Waals surface area (Å²) in [6, 6.07) is 26.6. The van der Waals surface area contributed by atoms with Gasteiger partial charge in [0.25, 0.3) is 0 Å². The molecular weight excluding hydrogens is 360 g/mol. The third-order valence-electron chi connectivity index (χ3n) is 4.78. The van der Waals surface area contributed by atoms with Crippen molar-refractivity contribution < 1.29 is 9.47 Å². The second-order valence-corrected chi connectivity index (χ2v) is 6.73. The number of nitrogens with one attached hydrogen (secondary N) is 1. The molecule has 0 radical (unpaired) electrons. The minimum Gasteiger partial charge on any atom is -0.490 e. The first kappa shape index (κ1) is 20.6. The van der Waals surface area contributed by atoms with Crippen LogP contribution in [0.2, 0.25) is 0 Å². The Morgan fingerprint density at radius 1 is 0.690 bits per heavy atom. The summed E-state index contributed by atoms with van der Waals surface area (Å²) in [5.74, 6) is 1.72.